The topological polar surface area (TPSA) is 84.9 Å². The molecule has 0 amide bonds. The first-order valence-corrected chi connectivity index (χ1v) is 5.87. The zero-order valence-electron chi connectivity index (χ0n) is 9.56. The highest BCUT2D eigenvalue weighted by Gasteiger charge is 2.30. The summed E-state index contributed by atoms with van der Waals surface area (Å²) in [5, 5.41) is 20.6. The molecule has 0 unspecified atom stereocenters. The van der Waals surface area contributed by atoms with Gasteiger partial charge in [0.1, 0.15) is 12.1 Å². The van der Waals surface area contributed by atoms with Gasteiger partial charge in [-0.2, -0.15) is 28.8 Å². The van der Waals surface area contributed by atoms with E-state index < -0.39 is 17.5 Å². The Hall–Kier alpha value is -2.65. The molecule has 20 heavy (non-hydrogen) atoms. The Morgan fingerprint density at radius 2 is 2.00 bits per heavy atom. The normalized spacial score (nSPS) is 10.7. The average Bonchev–Trinajstić information content (AvgIpc) is 2.80. The first-order chi connectivity index (χ1) is 9.44. The number of nitriles is 2. The number of thiazole rings is 1. The molecule has 0 aliphatic rings. The monoisotopic (exact) mass is 295 g/mol. The number of hydrazone groups is 1. The molecule has 0 radical (unpaired) electrons. The number of benzene rings is 1. The van der Waals surface area contributed by atoms with Crippen LogP contribution in [0.2, 0.25) is 0 Å². The largest absolute Gasteiger partial charge is 0.416 e. The van der Waals surface area contributed by atoms with Crippen molar-refractivity contribution in [1.82, 2.24) is 4.98 Å². The summed E-state index contributed by atoms with van der Waals surface area (Å²) in [7, 11) is 0. The summed E-state index contributed by atoms with van der Waals surface area (Å²) in [6.45, 7) is 0. The summed E-state index contributed by atoms with van der Waals surface area (Å²) in [6, 6.07) is 6.25. The van der Waals surface area contributed by atoms with Crippen LogP contribution in [0.15, 0.2) is 23.3 Å². The summed E-state index contributed by atoms with van der Waals surface area (Å²) in [5.74, 6) is 0. The van der Waals surface area contributed by atoms with E-state index in [1.165, 1.54) is 18.2 Å². The molecule has 0 atom stereocenters. The third-order valence-electron chi connectivity index (χ3n) is 2.19. The Morgan fingerprint density at radius 3 is 2.60 bits per heavy atom. The fraction of sp³-hybridized carbons (Fsp3) is 0.0909. The zero-order chi connectivity index (χ0) is 14.8. The van der Waals surface area contributed by atoms with Crippen molar-refractivity contribution in [3.05, 3.63) is 23.8 Å². The molecule has 0 aliphatic heterocycles. The van der Waals surface area contributed by atoms with Crippen molar-refractivity contribution in [3.8, 4) is 12.1 Å². The van der Waals surface area contributed by atoms with Gasteiger partial charge in [-0.25, -0.2) is 4.98 Å². The second-order valence-corrected chi connectivity index (χ2v) is 4.53. The maximum atomic E-state index is 12.5. The van der Waals surface area contributed by atoms with Crippen LogP contribution in [-0.4, -0.2) is 10.7 Å². The second-order valence-electron chi connectivity index (χ2n) is 3.50. The number of aromatic nitrogens is 1. The third kappa shape index (κ3) is 2.84. The summed E-state index contributed by atoms with van der Waals surface area (Å²) < 4.78 is 38.0. The van der Waals surface area contributed by atoms with Crippen molar-refractivity contribution >= 4 is 32.4 Å². The molecule has 0 bridgehead atoms. The highest BCUT2D eigenvalue weighted by atomic mass is 32.1. The van der Waals surface area contributed by atoms with Crippen LogP contribution in [0.4, 0.5) is 18.3 Å². The maximum absolute atomic E-state index is 12.5. The number of fused-ring (bicyclic) bond motifs is 1. The molecule has 100 valence electrons. The number of nitrogens with zero attached hydrogens (tertiary/aromatic N) is 4. The zero-order valence-corrected chi connectivity index (χ0v) is 10.4. The average molecular weight is 295 g/mol. The van der Waals surface area contributed by atoms with Gasteiger partial charge in [-0.15, -0.1) is 0 Å². The number of alkyl halides is 3. The highest BCUT2D eigenvalue weighted by Crippen LogP contribution is 2.34. The van der Waals surface area contributed by atoms with E-state index >= 15 is 0 Å². The van der Waals surface area contributed by atoms with E-state index in [4.69, 9.17) is 10.5 Å². The van der Waals surface area contributed by atoms with Gasteiger partial charge in [0.2, 0.25) is 10.8 Å². The van der Waals surface area contributed by atoms with Gasteiger partial charge < -0.3 is 0 Å². The van der Waals surface area contributed by atoms with Gasteiger partial charge in [0.15, 0.2) is 0 Å². The van der Waals surface area contributed by atoms with Crippen LogP contribution in [0.3, 0.4) is 0 Å². The summed E-state index contributed by atoms with van der Waals surface area (Å²) in [6.07, 6.45) is -4.42. The van der Waals surface area contributed by atoms with E-state index in [2.05, 4.69) is 15.5 Å². The fourth-order valence-corrected chi connectivity index (χ4v) is 2.18. The minimum absolute atomic E-state index is 0.197. The summed E-state index contributed by atoms with van der Waals surface area (Å²) in [4.78, 5) is 3.99. The van der Waals surface area contributed by atoms with Crippen molar-refractivity contribution in [2.75, 3.05) is 5.43 Å². The van der Waals surface area contributed by atoms with E-state index in [9.17, 15) is 13.2 Å². The Morgan fingerprint density at radius 1 is 1.30 bits per heavy atom. The predicted molar refractivity (Wildman–Crippen MR) is 66.9 cm³/mol. The van der Waals surface area contributed by atoms with Gasteiger partial charge in [0.05, 0.1) is 15.8 Å². The minimum Gasteiger partial charge on any atom is -0.251 e. The molecule has 0 fully saturated rings. The maximum Gasteiger partial charge on any atom is 0.416 e. The molecule has 0 saturated carbocycles. The highest BCUT2D eigenvalue weighted by molar-refractivity contribution is 7.22. The van der Waals surface area contributed by atoms with Crippen molar-refractivity contribution < 1.29 is 13.2 Å². The summed E-state index contributed by atoms with van der Waals surface area (Å²) >= 11 is 0.942. The molecule has 0 saturated heterocycles. The predicted octanol–water partition coefficient (Wildman–Crippen LogP) is 3.13. The molecule has 1 heterocycles. The molecule has 5 nitrogen and oxygen atoms in total. The van der Waals surface area contributed by atoms with Crippen molar-refractivity contribution in [2.45, 2.75) is 6.18 Å². The lowest BCUT2D eigenvalue weighted by Crippen LogP contribution is -2.03. The Bertz CT molecular complexity index is 747. The van der Waals surface area contributed by atoms with Crippen LogP contribution in [-0.2, 0) is 6.18 Å². The minimum atomic E-state index is -4.42. The molecular formula is C11H4F3N5S. The lowest BCUT2D eigenvalue weighted by atomic mass is 10.2. The van der Waals surface area contributed by atoms with Crippen molar-refractivity contribution in [2.24, 2.45) is 5.10 Å². The molecule has 2 aromatic rings. The van der Waals surface area contributed by atoms with Gasteiger partial charge >= 0.3 is 6.18 Å². The molecule has 2 rings (SSSR count). The smallest absolute Gasteiger partial charge is 0.251 e. The van der Waals surface area contributed by atoms with E-state index in [-0.39, 0.29) is 5.13 Å². The van der Waals surface area contributed by atoms with Crippen LogP contribution in [0.1, 0.15) is 5.56 Å². The van der Waals surface area contributed by atoms with E-state index in [1.54, 1.807) is 0 Å². The number of halogens is 3. The van der Waals surface area contributed by atoms with E-state index in [0.717, 1.165) is 23.5 Å². The molecule has 0 aliphatic carbocycles. The molecule has 1 aromatic carbocycles. The van der Waals surface area contributed by atoms with Crippen LogP contribution in [0, 0.1) is 22.7 Å². The van der Waals surface area contributed by atoms with Crippen LogP contribution in [0.5, 0.6) is 0 Å². The summed E-state index contributed by atoms with van der Waals surface area (Å²) in [5.41, 5.74) is 1.57. The molecule has 1 aromatic heterocycles. The number of hydrogen-bond acceptors (Lipinski definition) is 6. The Kier molecular flexibility index (Phi) is 3.55. The number of rotatable bonds is 2. The van der Waals surface area contributed by atoms with Crippen LogP contribution in [0.25, 0.3) is 10.2 Å². The number of nitrogens with one attached hydrogen (secondary N) is 1. The second kappa shape index (κ2) is 5.15. The third-order valence-corrected chi connectivity index (χ3v) is 3.11. The lowest BCUT2D eigenvalue weighted by molar-refractivity contribution is -0.137. The molecule has 1 N–H and O–H groups in total. The SMILES string of the molecule is N#CC(C#N)=NNc1nc2ccc(C(F)(F)F)cc2s1. The Labute approximate surface area is 114 Å². The van der Waals surface area contributed by atoms with Gasteiger partial charge in [0.25, 0.3) is 0 Å². The van der Waals surface area contributed by atoms with Crippen LogP contribution < -0.4 is 5.43 Å². The quantitative estimate of drug-likeness (QED) is 0.681. The molecule has 9 heteroatoms. The lowest BCUT2D eigenvalue weighted by Gasteiger charge is -2.04. The van der Waals surface area contributed by atoms with Gasteiger partial charge in [0, 0.05) is 0 Å². The van der Waals surface area contributed by atoms with Gasteiger partial charge in [-0.3, -0.25) is 5.43 Å². The standard InChI is InChI=1S/C11H4F3N5S/c12-11(13,14)6-1-2-8-9(3-6)20-10(17-8)19-18-7(4-15)5-16/h1-3H,(H,17,19). The van der Waals surface area contributed by atoms with Crippen molar-refractivity contribution in [3.63, 3.8) is 0 Å². The number of hydrogen-bond donors (Lipinski definition) is 1. The fourth-order valence-electron chi connectivity index (χ4n) is 1.33. The first kappa shape index (κ1) is 13.8. The van der Waals surface area contributed by atoms with Gasteiger partial charge in [-0.05, 0) is 18.2 Å². The number of anilines is 1. The molecule has 0 spiro atoms. The Balaban J connectivity index is 2.34. The van der Waals surface area contributed by atoms with E-state index in [1.807, 2.05) is 0 Å². The van der Waals surface area contributed by atoms with E-state index in [0.29, 0.717) is 10.2 Å². The first-order valence-electron chi connectivity index (χ1n) is 5.05. The van der Waals surface area contributed by atoms with Gasteiger partial charge in [-0.1, -0.05) is 11.3 Å². The molecular weight excluding hydrogens is 291 g/mol. The van der Waals surface area contributed by atoms with Crippen molar-refractivity contribution in [1.29, 1.82) is 10.5 Å². The van der Waals surface area contributed by atoms with Crippen LogP contribution >= 0.6 is 11.3 Å².